The number of benzene rings is 1. The minimum absolute atomic E-state index is 0.180. The van der Waals surface area contributed by atoms with Crippen LogP contribution in [0.3, 0.4) is 0 Å². The normalized spacial score (nSPS) is 12.6. The van der Waals surface area contributed by atoms with Gasteiger partial charge in [-0.3, -0.25) is 0 Å². The zero-order valence-electron chi connectivity index (χ0n) is 10.1. The average Bonchev–Trinajstić information content (AvgIpc) is 2.86. The van der Waals surface area contributed by atoms with Crippen LogP contribution in [0, 0.1) is 0 Å². The molecule has 96 valence electrons. The molecule has 0 fully saturated rings. The minimum atomic E-state index is 0.180. The van der Waals surface area contributed by atoms with Gasteiger partial charge >= 0.3 is 0 Å². The van der Waals surface area contributed by atoms with Gasteiger partial charge in [-0.15, -0.1) is 11.3 Å². The number of hydrogen-bond donors (Lipinski definition) is 1. The van der Waals surface area contributed by atoms with E-state index in [1.807, 2.05) is 17.5 Å². The van der Waals surface area contributed by atoms with Gasteiger partial charge in [-0.2, -0.15) is 0 Å². The summed E-state index contributed by atoms with van der Waals surface area (Å²) >= 11 is 9.53. The highest BCUT2D eigenvalue weighted by Crippen LogP contribution is 2.37. The van der Waals surface area contributed by atoms with Gasteiger partial charge < -0.3 is 5.73 Å². The molecule has 0 aliphatic carbocycles. The third-order valence-electron chi connectivity index (χ3n) is 2.65. The van der Waals surface area contributed by atoms with Gasteiger partial charge in [0, 0.05) is 22.5 Å². The number of nitrogens with two attached hydrogens (primary N) is 1. The number of aromatic nitrogens is 1. The molecule has 1 atom stereocenters. The van der Waals surface area contributed by atoms with Crippen molar-refractivity contribution in [3.8, 4) is 0 Å². The van der Waals surface area contributed by atoms with Gasteiger partial charge in [-0.1, -0.05) is 42.4 Å². The molecule has 1 heterocycles. The lowest BCUT2D eigenvalue weighted by atomic mass is 10.0. The fourth-order valence-electron chi connectivity index (χ4n) is 1.60. The van der Waals surface area contributed by atoms with Crippen molar-refractivity contribution >= 4 is 34.7 Å². The van der Waals surface area contributed by atoms with Gasteiger partial charge in [0.1, 0.15) is 0 Å². The second-order valence-electron chi connectivity index (χ2n) is 4.00. The molecule has 1 unspecified atom stereocenters. The first kappa shape index (κ1) is 13.9. The van der Waals surface area contributed by atoms with Crippen LogP contribution in [-0.4, -0.2) is 11.0 Å². The summed E-state index contributed by atoms with van der Waals surface area (Å²) in [5.41, 5.74) is 7.24. The van der Waals surface area contributed by atoms with Crippen LogP contribution >= 0.6 is 34.7 Å². The summed E-state index contributed by atoms with van der Waals surface area (Å²) < 4.78 is 1.01. The largest absolute Gasteiger partial charge is 0.327 e. The zero-order chi connectivity index (χ0) is 13.0. The summed E-state index contributed by atoms with van der Waals surface area (Å²) in [4.78, 5) is 5.37. The van der Waals surface area contributed by atoms with E-state index in [0.29, 0.717) is 0 Å². The Labute approximate surface area is 121 Å². The van der Waals surface area contributed by atoms with Crippen LogP contribution in [-0.2, 0) is 6.42 Å². The molecule has 5 heteroatoms. The third-order valence-corrected chi connectivity index (χ3v) is 5.15. The monoisotopic (exact) mass is 298 g/mol. The van der Waals surface area contributed by atoms with Crippen molar-refractivity contribution in [3.05, 3.63) is 40.4 Å². The summed E-state index contributed by atoms with van der Waals surface area (Å²) in [7, 11) is 0. The number of halogens is 1. The van der Waals surface area contributed by atoms with Crippen LogP contribution in [0.5, 0.6) is 0 Å². The van der Waals surface area contributed by atoms with Crippen molar-refractivity contribution in [1.29, 1.82) is 0 Å². The molecule has 0 amide bonds. The van der Waals surface area contributed by atoms with Gasteiger partial charge in [0.25, 0.3) is 0 Å². The lowest BCUT2D eigenvalue weighted by molar-refractivity contribution is 0.641. The maximum absolute atomic E-state index is 6.29. The average molecular weight is 299 g/mol. The fraction of sp³-hybridized carbons (Fsp3) is 0.308. The molecule has 0 saturated carbocycles. The van der Waals surface area contributed by atoms with Crippen molar-refractivity contribution in [2.45, 2.75) is 35.0 Å². The predicted octanol–water partition coefficient (Wildman–Crippen LogP) is 4.23. The number of rotatable bonds is 5. The Kier molecular flexibility index (Phi) is 5.06. The molecule has 0 spiro atoms. The van der Waals surface area contributed by atoms with Crippen molar-refractivity contribution in [2.24, 2.45) is 5.73 Å². The topological polar surface area (TPSA) is 38.9 Å². The second kappa shape index (κ2) is 6.57. The van der Waals surface area contributed by atoms with Gasteiger partial charge in [0.15, 0.2) is 4.34 Å². The number of hydrogen-bond acceptors (Lipinski definition) is 4. The molecule has 0 saturated heterocycles. The Morgan fingerprint density at radius 2 is 2.33 bits per heavy atom. The highest BCUT2D eigenvalue weighted by atomic mass is 35.5. The molecule has 2 rings (SSSR count). The Morgan fingerprint density at radius 1 is 1.50 bits per heavy atom. The van der Waals surface area contributed by atoms with E-state index >= 15 is 0 Å². The predicted molar refractivity (Wildman–Crippen MR) is 79.7 cm³/mol. The molecule has 2 aromatic rings. The van der Waals surface area contributed by atoms with Crippen LogP contribution in [0.25, 0.3) is 0 Å². The van der Waals surface area contributed by atoms with E-state index in [-0.39, 0.29) is 6.04 Å². The van der Waals surface area contributed by atoms with Gasteiger partial charge in [-0.05, 0) is 24.5 Å². The van der Waals surface area contributed by atoms with Crippen molar-refractivity contribution in [2.75, 3.05) is 0 Å². The molecular weight excluding hydrogens is 284 g/mol. The first-order valence-electron chi connectivity index (χ1n) is 5.81. The second-order valence-corrected chi connectivity index (χ2v) is 6.56. The number of nitrogens with zero attached hydrogens (tertiary/aromatic N) is 1. The van der Waals surface area contributed by atoms with Crippen LogP contribution in [0.1, 0.15) is 18.9 Å². The summed E-state index contributed by atoms with van der Waals surface area (Å²) in [5, 5.41) is 2.74. The highest BCUT2D eigenvalue weighted by molar-refractivity contribution is 8.01. The van der Waals surface area contributed by atoms with Gasteiger partial charge in [0.05, 0.1) is 5.02 Å². The van der Waals surface area contributed by atoms with E-state index in [4.69, 9.17) is 17.3 Å². The van der Waals surface area contributed by atoms with Crippen molar-refractivity contribution in [3.63, 3.8) is 0 Å². The fourth-order valence-corrected chi connectivity index (χ4v) is 3.62. The van der Waals surface area contributed by atoms with E-state index in [1.54, 1.807) is 29.3 Å². The van der Waals surface area contributed by atoms with Crippen molar-refractivity contribution in [1.82, 2.24) is 4.98 Å². The summed E-state index contributed by atoms with van der Waals surface area (Å²) in [6.45, 7) is 2.10. The van der Waals surface area contributed by atoms with E-state index in [1.165, 1.54) is 5.56 Å². The summed E-state index contributed by atoms with van der Waals surface area (Å²) in [6.07, 6.45) is 3.62. The third kappa shape index (κ3) is 3.48. The van der Waals surface area contributed by atoms with Gasteiger partial charge in [0.2, 0.25) is 0 Å². The smallest absolute Gasteiger partial charge is 0.154 e. The maximum Gasteiger partial charge on any atom is 0.154 e. The molecule has 0 bridgehead atoms. The van der Waals surface area contributed by atoms with Crippen molar-refractivity contribution < 1.29 is 0 Å². The zero-order valence-corrected chi connectivity index (χ0v) is 12.5. The standard InChI is InChI=1S/C13H15ClN2S2/c1-2-10(15)8-9-4-3-5-11(14)12(9)18-13-16-6-7-17-13/h3-7,10H,2,8,15H2,1H3. The lowest BCUT2D eigenvalue weighted by Gasteiger charge is -2.13. The molecular formula is C13H15ClN2S2. The molecule has 1 aromatic heterocycles. The maximum atomic E-state index is 6.29. The molecule has 2 N–H and O–H groups in total. The summed E-state index contributed by atoms with van der Waals surface area (Å²) in [6, 6.07) is 6.17. The van der Waals surface area contributed by atoms with E-state index in [0.717, 1.165) is 27.1 Å². The van der Waals surface area contributed by atoms with E-state index < -0.39 is 0 Å². The Bertz CT molecular complexity index is 500. The van der Waals surface area contributed by atoms with Gasteiger partial charge in [-0.25, -0.2) is 4.98 Å². The molecule has 2 nitrogen and oxygen atoms in total. The molecule has 18 heavy (non-hydrogen) atoms. The van der Waals surface area contributed by atoms with Crippen LogP contribution < -0.4 is 5.73 Å². The number of thiazole rings is 1. The first-order chi connectivity index (χ1) is 8.70. The van der Waals surface area contributed by atoms with Crippen LogP contribution in [0.15, 0.2) is 39.0 Å². The molecule has 1 aromatic carbocycles. The molecule has 0 radical (unpaired) electrons. The first-order valence-corrected chi connectivity index (χ1v) is 7.88. The van der Waals surface area contributed by atoms with Crippen LogP contribution in [0.4, 0.5) is 0 Å². The lowest BCUT2D eigenvalue weighted by Crippen LogP contribution is -2.21. The SMILES string of the molecule is CCC(N)Cc1cccc(Cl)c1Sc1nccs1. The van der Waals surface area contributed by atoms with E-state index in [2.05, 4.69) is 18.0 Å². The Morgan fingerprint density at radius 3 is 3.00 bits per heavy atom. The van der Waals surface area contributed by atoms with Crippen LogP contribution in [0.2, 0.25) is 5.02 Å². The summed E-state index contributed by atoms with van der Waals surface area (Å²) in [5.74, 6) is 0. The van der Waals surface area contributed by atoms with E-state index in [9.17, 15) is 0 Å². The Hall–Kier alpha value is -0.550. The highest BCUT2D eigenvalue weighted by Gasteiger charge is 2.12. The molecule has 0 aliphatic heterocycles. The Balaban J connectivity index is 2.26. The minimum Gasteiger partial charge on any atom is -0.327 e. The quantitative estimate of drug-likeness (QED) is 0.898. The molecule has 0 aliphatic rings.